The van der Waals surface area contributed by atoms with Gasteiger partial charge in [0.25, 0.3) is 0 Å². The van der Waals surface area contributed by atoms with Crippen LogP contribution in [0.1, 0.15) is 28.4 Å². The van der Waals surface area contributed by atoms with Crippen LogP contribution in [0.3, 0.4) is 0 Å². The summed E-state index contributed by atoms with van der Waals surface area (Å²) in [4.78, 5) is 11.1. The van der Waals surface area contributed by atoms with Crippen molar-refractivity contribution >= 4 is 6.29 Å². The number of carbonyl (C=O) groups excluding carboxylic acids is 1. The quantitative estimate of drug-likeness (QED) is 0.752. The first-order chi connectivity index (χ1) is 9.78. The molecule has 0 aliphatic heterocycles. The van der Waals surface area contributed by atoms with Crippen LogP contribution in [0.4, 0.5) is 0 Å². The normalized spacial score (nSPS) is 10.1. The summed E-state index contributed by atoms with van der Waals surface area (Å²) in [5.41, 5.74) is 2.85. The minimum absolute atomic E-state index is 0.408. The zero-order valence-electron chi connectivity index (χ0n) is 11.8. The van der Waals surface area contributed by atoms with Crippen LogP contribution in [0.15, 0.2) is 42.5 Å². The summed E-state index contributed by atoms with van der Waals surface area (Å²) in [6.45, 7) is 2.53. The molecule has 3 heteroatoms. The van der Waals surface area contributed by atoms with E-state index in [4.69, 9.17) is 9.47 Å². The fourth-order valence-electron chi connectivity index (χ4n) is 1.97. The van der Waals surface area contributed by atoms with Crippen molar-refractivity contribution in [2.45, 2.75) is 20.0 Å². The van der Waals surface area contributed by atoms with Crippen LogP contribution >= 0.6 is 0 Å². The summed E-state index contributed by atoms with van der Waals surface area (Å²) in [6, 6.07) is 13.5. The highest BCUT2D eigenvalue weighted by molar-refractivity contribution is 5.81. The van der Waals surface area contributed by atoms with Gasteiger partial charge in [-0.2, -0.15) is 0 Å². The SMILES string of the molecule is CCc1ccc(COc2c(C=O)cccc2OC)cc1. The lowest BCUT2D eigenvalue weighted by atomic mass is 10.1. The molecule has 0 N–H and O–H groups in total. The lowest BCUT2D eigenvalue weighted by Gasteiger charge is -2.12. The zero-order chi connectivity index (χ0) is 14.4. The molecule has 0 aliphatic carbocycles. The Morgan fingerprint density at radius 1 is 1.05 bits per heavy atom. The highest BCUT2D eigenvalue weighted by Gasteiger charge is 2.10. The molecule has 2 rings (SSSR count). The van der Waals surface area contributed by atoms with Crippen LogP contribution in [-0.2, 0) is 13.0 Å². The molecule has 0 fully saturated rings. The average molecular weight is 270 g/mol. The van der Waals surface area contributed by atoms with Crippen molar-refractivity contribution in [1.29, 1.82) is 0 Å². The van der Waals surface area contributed by atoms with Crippen LogP contribution < -0.4 is 9.47 Å². The Kier molecular flexibility index (Phi) is 4.77. The molecule has 0 amide bonds. The molecule has 0 saturated carbocycles. The highest BCUT2D eigenvalue weighted by atomic mass is 16.5. The van der Waals surface area contributed by atoms with Crippen molar-refractivity contribution in [3.63, 3.8) is 0 Å². The van der Waals surface area contributed by atoms with Gasteiger partial charge in [0.1, 0.15) is 6.61 Å². The van der Waals surface area contributed by atoms with E-state index in [1.54, 1.807) is 25.3 Å². The van der Waals surface area contributed by atoms with Gasteiger partial charge >= 0.3 is 0 Å². The van der Waals surface area contributed by atoms with E-state index in [0.29, 0.717) is 23.7 Å². The molecule has 0 bridgehead atoms. The van der Waals surface area contributed by atoms with Gasteiger partial charge in [-0.25, -0.2) is 0 Å². The molecular formula is C17H18O3. The molecule has 0 heterocycles. The summed E-state index contributed by atoms with van der Waals surface area (Å²) in [6.07, 6.45) is 1.79. The summed E-state index contributed by atoms with van der Waals surface area (Å²) >= 11 is 0. The van der Waals surface area contributed by atoms with Crippen LogP contribution in [0.2, 0.25) is 0 Å². The number of para-hydroxylation sites is 1. The van der Waals surface area contributed by atoms with E-state index in [0.717, 1.165) is 18.3 Å². The maximum absolute atomic E-state index is 11.1. The van der Waals surface area contributed by atoms with Gasteiger partial charge in [0.15, 0.2) is 17.8 Å². The molecule has 0 aromatic heterocycles. The van der Waals surface area contributed by atoms with Gasteiger partial charge in [-0.15, -0.1) is 0 Å². The van der Waals surface area contributed by atoms with Gasteiger partial charge in [-0.05, 0) is 29.7 Å². The van der Waals surface area contributed by atoms with Gasteiger partial charge < -0.3 is 9.47 Å². The van der Waals surface area contributed by atoms with E-state index in [2.05, 4.69) is 19.1 Å². The summed E-state index contributed by atoms with van der Waals surface area (Å²) in [7, 11) is 1.56. The molecule has 0 spiro atoms. The van der Waals surface area contributed by atoms with E-state index in [-0.39, 0.29) is 0 Å². The van der Waals surface area contributed by atoms with Crippen molar-refractivity contribution in [3.05, 3.63) is 59.2 Å². The van der Waals surface area contributed by atoms with Crippen molar-refractivity contribution < 1.29 is 14.3 Å². The first-order valence-corrected chi connectivity index (χ1v) is 6.61. The molecule has 3 nitrogen and oxygen atoms in total. The van der Waals surface area contributed by atoms with E-state index in [9.17, 15) is 4.79 Å². The third kappa shape index (κ3) is 3.18. The van der Waals surface area contributed by atoms with Gasteiger partial charge in [-0.3, -0.25) is 4.79 Å². The molecule has 2 aromatic rings. The Balaban J connectivity index is 2.15. The van der Waals surface area contributed by atoms with Crippen molar-refractivity contribution in [3.8, 4) is 11.5 Å². The molecule has 0 aliphatic rings. The second kappa shape index (κ2) is 6.75. The first-order valence-electron chi connectivity index (χ1n) is 6.61. The molecule has 20 heavy (non-hydrogen) atoms. The number of rotatable bonds is 6. The topological polar surface area (TPSA) is 35.5 Å². The first kappa shape index (κ1) is 14.1. The van der Waals surface area contributed by atoms with Gasteiger partial charge in [0, 0.05) is 0 Å². The van der Waals surface area contributed by atoms with Crippen molar-refractivity contribution in [2.24, 2.45) is 0 Å². The summed E-state index contributed by atoms with van der Waals surface area (Å²) < 4.78 is 11.0. The number of hydrogen-bond acceptors (Lipinski definition) is 3. The number of aryl methyl sites for hydroxylation is 1. The second-order valence-corrected chi connectivity index (χ2v) is 4.46. The number of methoxy groups -OCH3 is 1. The lowest BCUT2D eigenvalue weighted by Crippen LogP contribution is -2.00. The fourth-order valence-corrected chi connectivity index (χ4v) is 1.97. The van der Waals surface area contributed by atoms with Gasteiger partial charge in [-0.1, -0.05) is 37.3 Å². The summed E-state index contributed by atoms with van der Waals surface area (Å²) in [5.74, 6) is 1.06. The number of ether oxygens (including phenoxy) is 2. The second-order valence-electron chi connectivity index (χ2n) is 4.46. The fraction of sp³-hybridized carbons (Fsp3) is 0.235. The van der Waals surface area contributed by atoms with E-state index >= 15 is 0 Å². The molecule has 0 radical (unpaired) electrons. The molecule has 0 saturated heterocycles. The lowest BCUT2D eigenvalue weighted by molar-refractivity contribution is 0.111. The predicted molar refractivity (Wildman–Crippen MR) is 78.5 cm³/mol. The van der Waals surface area contributed by atoms with E-state index < -0.39 is 0 Å². The van der Waals surface area contributed by atoms with E-state index in [1.165, 1.54) is 5.56 Å². The zero-order valence-corrected chi connectivity index (χ0v) is 11.8. The molecule has 2 aromatic carbocycles. The Morgan fingerprint density at radius 3 is 2.35 bits per heavy atom. The van der Waals surface area contributed by atoms with Crippen molar-refractivity contribution in [2.75, 3.05) is 7.11 Å². The van der Waals surface area contributed by atoms with Crippen LogP contribution in [0.25, 0.3) is 0 Å². The smallest absolute Gasteiger partial charge is 0.172 e. The third-order valence-corrected chi connectivity index (χ3v) is 3.17. The monoisotopic (exact) mass is 270 g/mol. The van der Waals surface area contributed by atoms with E-state index in [1.807, 2.05) is 12.1 Å². The minimum atomic E-state index is 0.408. The number of aldehydes is 1. The number of hydrogen-bond donors (Lipinski definition) is 0. The van der Waals surface area contributed by atoms with Gasteiger partial charge in [0.05, 0.1) is 12.7 Å². The Morgan fingerprint density at radius 2 is 1.75 bits per heavy atom. The Labute approximate surface area is 119 Å². The molecular weight excluding hydrogens is 252 g/mol. The highest BCUT2D eigenvalue weighted by Crippen LogP contribution is 2.30. The number of carbonyl (C=O) groups is 1. The minimum Gasteiger partial charge on any atom is -0.493 e. The molecule has 0 atom stereocenters. The Hall–Kier alpha value is -2.29. The van der Waals surface area contributed by atoms with Gasteiger partial charge in [0.2, 0.25) is 0 Å². The Bertz CT molecular complexity index is 573. The van der Waals surface area contributed by atoms with Crippen molar-refractivity contribution in [1.82, 2.24) is 0 Å². The standard InChI is InChI=1S/C17H18O3/c1-3-13-7-9-14(10-8-13)12-20-17-15(11-18)5-4-6-16(17)19-2/h4-11H,3,12H2,1-2H3. The van der Waals surface area contributed by atoms with Crippen LogP contribution in [0.5, 0.6) is 11.5 Å². The predicted octanol–water partition coefficient (Wildman–Crippen LogP) is 3.65. The summed E-state index contributed by atoms with van der Waals surface area (Å²) in [5, 5.41) is 0. The molecule has 0 unspecified atom stereocenters. The molecule has 104 valence electrons. The number of benzene rings is 2. The maximum atomic E-state index is 11.1. The maximum Gasteiger partial charge on any atom is 0.172 e. The largest absolute Gasteiger partial charge is 0.493 e. The van der Waals surface area contributed by atoms with Crippen LogP contribution in [-0.4, -0.2) is 13.4 Å². The third-order valence-electron chi connectivity index (χ3n) is 3.17. The average Bonchev–Trinajstić information content (AvgIpc) is 2.52. The van der Waals surface area contributed by atoms with Crippen LogP contribution in [0, 0.1) is 0 Å².